The van der Waals surface area contributed by atoms with Crippen LogP contribution in [-0.4, -0.2) is 29.3 Å². The molecular weight excluding hydrogens is 398 g/mol. The van der Waals surface area contributed by atoms with Crippen LogP contribution in [0.1, 0.15) is 33.8 Å². The molecular formula is C23H21N3O3S. The van der Waals surface area contributed by atoms with Gasteiger partial charge in [-0.3, -0.25) is 19.3 Å². The van der Waals surface area contributed by atoms with E-state index >= 15 is 0 Å². The van der Waals surface area contributed by atoms with Crippen LogP contribution < -0.4 is 10.2 Å². The van der Waals surface area contributed by atoms with Crippen molar-refractivity contribution in [2.45, 2.75) is 26.2 Å². The van der Waals surface area contributed by atoms with Gasteiger partial charge in [-0.05, 0) is 43.2 Å². The Morgan fingerprint density at radius 2 is 1.70 bits per heavy atom. The molecule has 152 valence electrons. The third kappa shape index (κ3) is 4.31. The summed E-state index contributed by atoms with van der Waals surface area (Å²) in [5.41, 5.74) is 4.20. The monoisotopic (exact) mass is 419 g/mol. The second kappa shape index (κ2) is 8.59. The molecule has 1 aliphatic heterocycles. The molecule has 1 fully saturated rings. The summed E-state index contributed by atoms with van der Waals surface area (Å²) in [6.45, 7) is 2.50. The quantitative estimate of drug-likeness (QED) is 0.617. The molecule has 3 aromatic rings. The Bertz CT molecular complexity index is 1070. The maximum Gasteiger partial charge on any atom is 0.251 e. The normalized spacial score (nSPS) is 13.7. The highest BCUT2D eigenvalue weighted by atomic mass is 32.1. The number of nitrogens with zero attached hydrogens (tertiary/aromatic N) is 2. The van der Waals surface area contributed by atoms with Gasteiger partial charge in [-0.25, -0.2) is 4.98 Å². The lowest BCUT2D eigenvalue weighted by Gasteiger charge is -2.14. The second-order valence-electron chi connectivity index (χ2n) is 7.12. The van der Waals surface area contributed by atoms with E-state index in [2.05, 4.69) is 22.4 Å². The van der Waals surface area contributed by atoms with Crippen molar-refractivity contribution in [1.29, 1.82) is 0 Å². The number of aromatic nitrogens is 1. The van der Waals surface area contributed by atoms with Gasteiger partial charge in [0.15, 0.2) is 0 Å². The van der Waals surface area contributed by atoms with E-state index in [1.807, 2.05) is 24.4 Å². The molecule has 0 atom stereocenters. The molecule has 6 nitrogen and oxygen atoms in total. The molecule has 4 rings (SSSR count). The van der Waals surface area contributed by atoms with Crippen LogP contribution >= 0.6 is 11.3 Å². The number of benzene rings is 2. The van der Waals surface area contributed by atoms with Gasteiger partial charge in [-0.15, -0.1) is 11.3 Å². The summed E-state index contributed by atoms with van der Waals surface area (Å²) in [5.74, 6) is -0.587. The summed E-state index contributed by atoms with van der Waals surface area (Å²) >= 11 is 1.63. The topological polar surface area (TPSA) is 79.4 Å². The van der Waals surface area contributed by atoms with Crippen molar-refractivity contribution < 1.29 is 14.4 Å². The van der Waals surface area contributed by atoms with Gasteiger partial charge >= 0.3 is 0 Å². The minimum Gasteiger partial charge on any atom is -0.352 e. The predicted molar refractivity (Wildman–Crippen MR) is 116 cm³/mol. The van der Waals surface area contributed by atoms with Crippen LogP contribution in [0, 0.1) is 6.92 Å². The minimum absolute atomic E-state index is 0.185. The number of aryl methyl sites for hydroxylation is 1. The Labute approximate surface area is 178 Å². The molecule has 1 aliphatic rings. The lowest BCUT2D eigenvalue weighted by molar-refractivity contribution is -0.121. The molecule has 0 radical (unpaired) electrons. The summed E-state index contributed by atoms with van der Waals surface area (Å²) in [7, 11) is 0. The Kier molecular flexibility index (Phi) is 5.72. The Morgan fingerprint density at radius 1 is 1.03 bits per heavy atom. The van der Waals surface area contributed by atoms with Gasteiger partial charge in [0.25, 0.3) is 5.91 Å². The SMILES string of the molecule is Cc1nc(-c2ccc(CCNC(=O)c3ccc(N4C(=O)CCC4=O)cc3)cc2)cs1. The number of anilines is 1. The van der Waals surface area contributed by atoms with Crippen LogP contribution in [-0.2, 0) is 16.0 Å². The zero-order valence-electron chi connectivity index (χ0n) is 16.6. The van der Waals surface area contributed by atoms with Crippen molar-refractivity contribution in [3.63, 3.8) is 0 Å². The number of imide groups is 1. The summed E-state index contributed by atoms with van der Waals surface area (Å²) in [5, 5.41) is 6.00. The van der Waals surface area contributed by atoms with Gasteiger partial charge < -0.3 is 5.32 Å². The van der Waals surface area contributed by atoms with Crippen LogP contribution in [0.5, 0.6) is 0 Å². The number of nitrogens with one attached hydrogen (secondary N) is 1. The maximum atomic E-state index is 12.4. The zero-order chi connectivity index (χ0) is 21.1. The molecule has 0 bridgehead atoms. The van der Waals surface area contributed by atoms with Crippen LogP contribution in [0.15, 0.2) is 53.9 Å². The molecule has 7 heteroatoms. The largest absolute Gasteiger partial charge is 0.352 e. The van der Waals surface area contributed by atoms with Gasteiger partial charge in [-0.2, -0.15) is 0 Å². The Morgan fingerprint density at radius 3 is 2.30 bits per heavy atom. The number of rotatable bonds is 6. The van der Waals surface area contributed by atoms with Gasteiger partial charge in [0.2, 0.25) is 11.8 Å². The standard InChI is InChI=1S/C23H21N3O3S/c1-15-25-20(14-30-15)17-4-2-16(3-5-17)12-13-24-23(29)18-6-8-19(9-7-18)26-21(27)10-11-22(26)28/h2-9,14H,10-13H2,1H3,(H,24,29). The molecule has 0 unspecified atom stereocenters. The van der Waals surface area contributed by atoms with Crippen molar-refractivity contribution in [2.75, 3.05) is 11.4 Å². The molecule has 30 heavy (non-hydrogen) atoms. The molecule has 0 saturated carbocycles. The van der Waals surface area contributed by atoms with Gasteiger partial charge in [0, 0.05) is 35.9 Å². The highest BCUT2D eigenvalue weighted by Crippen LogP contribution is 2.23. The number of hydrogen-bond donors (Lipinski definition) is 1. The predicted octanol–water partition coefficient (Wildman–Crippen LogP) is 3.74. The highest BCUT2D eigenvalue weighted by Gasteiger charge is 2.30. The number of hydrogen-bond acceptors (Lipinski definition) is 5. The van der Waals surface area contributed by atoms with E-state index in [0.717, 1.165) is 28.2 Å². The fourth-order valence-electron chi connectivity index (χ4n) is 3.39. The van der Waals surface area contributed by atoms with E-state index in [4.69, 9.17) is 0 Å². The molecule has 2 heterocycles. The van der Waals surface area contributed by atoms with E-state index < -0.39 is 0 Å². The van der Waals surface area contributed by atoms with Crippen molar-refractivity contribution in [3.05, 3.63) is 70.0 Å². The third-order valence-electron chi connectivity index (χ3n) is 5.01. The van der Waals surface area contributed by atoms with E-state index in [1.165, 1.54) is 4.90 Å². The summed E-state index contributed by atoms with van der Waals surface area (Å²) < 4.78 is 0. The van der Waals surface area contributed by atoms with Gasteiger partial charge in [-0.1, -0.05) is 24.3 Å². The number of thiazole rings is 1. The highest BCUT2D eigenvalue weighted by molar-refractivity contribution is 7.09. The molecule has 1 N–H and O–H groups in total. The first-order valence-corrected chi connectivity index (χ1v) is 10.6. The van der Waals surface area contributed by atoms with Gasteiger partial charge in [0.1, 0.15) is 0 Å². The van der Waals surface area contributed by atoms with E-state index in [-0.39, 0.29) is 30.6 Å². The minimum atomic E-state index is -0.201. The average Bonchev–Trinajstić information content (AvgIpc) is 3.33. The lowest BCUT2D eigenvalue weighted by Crippen LogP contribution is -2.29. The lowest BCUT2D eigenvalue weighted by atomic mass is 10.1. The van der Waals surface area contributed by atoms with Crippen LogP contribution in [0.2, 0.25) is 0 Å². The first-order chi connectivity index (χ1) is 14.5. The van der Waals surface area contributed by atoms with Crippen molar-refractivity contribution in [2.24, 2.45) is 0 Å². The molecule has 0 spiro atoms. The molecule has 1 saturated heterocycles. The molecule has 3 amide bonds. The summed E-state index contributed by atoms with van der Waals surface area (Å²) in [4.78, 5) is 41.7. The zero-order valence-corrected chi connectivity index (χ0v) is 17.4. The molecule has 1 aromatic heterocycles. The first kappa shape index (κ1) is 20.0. The number of carbonyl (C=O) groups is 3. The number of carbonyl (C=O) groups excluding carboxylic acids is 3. The Balaban J connectivity index is 1.30. The Hall–Kier alpha value is -3.32. The van der Waals surface area contributed by atoms with Gasteiger partial charge in [0.05, 0.1) is 16.4 Å². The first-order valence-electron chi connectivity index (χ1n) is 9.77. The maximum absolute atomic E-state index is 12.4. The van der Waals surface area contributed by atoms with Crippen LogP contribution in [0.25, 0.3) is 11.3 Å². The molecule has 2 aromatic carbocycles. The van der Waals surface area contributed by atoms with Crippen molar-refractivity contribution in [3.8, 4) is 11.3 Å². The van der Waals surface area contributed by atoms with E-state index in [9.17, 15) is 14.4 Å². The van der Waals surface area contributed by atoms with Crippen molar-refractivity contribution >= 4 is 34.7 Å². The summed E-state index contributed by atoms with van der Waals surface area (Å²) in [6.07, 6.45) is 1.20. The molecule has 0 aliphatic carbocycles. The smallest absolute Gasteiger partial charge is 0.251 e. The van der Waals surface area contributed by atoms with E-state index in [1.54, 1.807) is 35.6 Å². The third-order valence-corrected chi connectivity index (χ3v) is 5.78. The fraction of sp³-hybridized carbons (Fsp3) is 0.217. The summed E-state index contributed by atoms with van der Waals surface area (Å²) in [6, 6.07) is 14.7. The van der Waals surface area contributed by atoms with Crippen LogP contribution in [0.3, 0.4) is 0 Å². The second-order valence-corrected chi connectivity index (χ2v) is 8.19. The van der Waals surface area contributed by atoms with Crippen LogP contribution in [0.4, 0.5) is 5.69 Å². The average molecular weight is 420 g/mol. The van der Waals surface area contributed by atoms with Crippen molar-refractivity contribution in [1.82, 2.24) is 10.3 Å². The fourth-order valence-corrected chi connectivity index (χ4v) is 4.01. The van der Waals surface area contributed by atoms with E-state index in [0.29, 0.717) is 17.8 Å². The number of amides is 3.